The van der Waals surface area contributed by atoms with E-state index in [0.717, 1.165) is 28.8 Å². The lowest BCUT2D eigenvalue weighted by molar-refractivity contribution is 0.717. The number of hydrogen-bond acceptors (Lipinski definition) is 4. The van der Waals surface area contributed by atoms with Crippen LogP contribution in [0.5, 0.6) is 0 Å². The molecule has 1 aromatic heterocycles. The number of unbranched alkanes of at least 4 members (excludes halogenated alkanes) is 2. The third kappa shape index (κ3) is 4.30. The second-order valence-electron chi connectivity index (χ2n) is 7.69. The molecule has 30 heavy (non-hydrogen) atoms. The number of rotatable bonds is 7. The SMILES string of the molecule is CCCCCc1ccc(-c2cc(-c3ccc(C)cc3)c(C3=NCN=N3)c(=O)[nH]2)cc1. The van der Waals surface area contributed by atoms with Gasteiger partial charge in [-0.1, -0.05) is 73.9 Å². The van der Waals surface area contributed by atoms with E-state index in [9.17, 15) is 4.79 Å². The van der Waals surface area contributed by atoms with Gasteiger partial charge < -0.3 is 4.98 Å². The molecule has 1 aliphatic heterocycles. The van der Waals surface area contributed by atoms with Gasteiger partial charge in [0.2, 0.25) is 0 Å². The van der Waals surface area contributed by atoms with Crippen molar-refractivity contribution in [3.63, 3.8) is 0 Å². The Morgan fingerprint density at radius 2 is 1.70 bits per heavy atom. The Morgan fingerprint density at radius 3 is 2.37 bits per heavy atom. The Bertz CT molecular complexity index is 1140. The number of pyridine rings is 1. The van der Waals surface area contributed by atoms with Crippen molar-refractivity contribution >= 4 is 5.84 Å². The Kier molecular flexibility index (Phi) is 5.98. The van der Waals surface area contributed by atoms with Crippen molar-refractivity contribution in [2.24, 2.45) is 15.2 Å². The monoisotopic (exact) mass is 398 g/mol. The molecule has 0 bridgehead atoms. The van der Waals surface area contributed by atoms with Gasteiger partial charge >= 0.3 is 0 Å². The number of nitrogens with one attached hydrogen (secondary N) is 1. The van der Waals surface area contributed by atoms with Crippen LogP contribution in [-0.4, -0.2) is 17.5 Å². The van der Waals surface area contributed by atoms with Crippen molar-refractivity contribution < 1.29 is 0 Å². The third-order valence-corrected chi connectivity index (χ3v) is 5.40. The first-order valence-corrected chi connectivity index (χ1v) is 10.5. The number of nitrogens with zero attached hydrogens (tertiary/aromatic N) is 3. The predicted octanol–water partition coefficient (Wildman–Crippen LogP) is 5.92. The normalized spacial score (nSPS) is 12.9. The summed E-state index contributed by atoms with van der Waals surface area (Å²) in [7, 11) is 0. The Balaban J connectivity index is 1.76. The van der Waals surface area contributed by atoms with Crippen LogP contribution in [0.1, 0.15) is 42.9 Å². The van der Waals surface area contributed by atoms with Gasteiger partial charge in [0.15, 0.2) is 12.5 Å². The zero-order valence-corrected chi connectivity index (χ0v) is 17.5. The van der Waals surface area contributed by atoms with Crippen LogP contribution < -0.4 is 5.56 Å². The second-order valence-corrected chi connectivity index (χ2v) is 7.69. The molecule has 3 aromatic rings. The van der Waals surface area contributed by atoms with Crippen molar-refractivity contribution in [2.45, 2.75) is 39.5 Å². The molecule has 0 saturated heterocycles. The summed E-state index contributed by atoms with van der Waals surface area (Å²) in [6.07, 6.45) is 4.76. The molecule has 2 heterocycles. The lowest BCUT2D eigenvalue weighted by Crippen LogP contribution is -2.19. The van der Waals surface area contributed by atoms with Crippen LogP contribution in [0.2, 0.25) is 0 Å². The molecule has 1 N–H and O–H groups in total. The summed E-state index contributed by atoms with van der Waals surface area (Å²) in [5.41, 5.74) is 6.32. The Hall–Kier alpha value is -3.34. The van der Waals surface area contributed by atoms with Gasteiger partial charge in [-0.05, 0) is 42.5 Å². The maximum absolute atomic E-state index is 13.1. The minimum atomic E-state index is -0.199. The van der Waals surface area contributed by atoms with Crippen molar-refractivity contribution in [3.05, 3.63) is 81.6 Å². The van der Waals surface area contributed by atoms with E-state index in [2.05, 4.69) is 51.4 Å². The van der Waals surface area contributed by atoms with Crippen LogP contribution in [-0.2, 0) is 6.42 Å². The molecule has 0 atom stereocenters. The minimum Gasteiger partial charge on any atom is -0.321 e. The quantitative estimate of drug-likeness (QED) is 0.493. The van der Waals surface area contributed by atoms with Gasteiger partial charge in [0.25, 0.3) is 5.56 Å². The Labute approximate surface area is 176 Å². The summed E-state index contributed by atoms with van der Waals surface area (Å²) in [5, 5.41) is 8.00. The molecule has 0 saturated carbocycles. The maximum Gasteiger partial charge on any atom is 0.260 e. The average molecular weight is 399 g/mol. The molecule has 0 aliphatic carbocycles. The molecule has 152 valence electrons. The first kappa shape index (κ1) is 20.0. The zero-order chi connectivity index (χ0) is 20.9. The standard InChI is InChI=1S/C25H26N4O/c1-3-4-5-6-18-9-13-20(14-10-18)22-15-21(19-11-7-17(2)8-12-19)23(25(30)28-22)24-26-16-27-29-24/h7-15H,3-6,16H2,1-2H3,(H,28,30). The van der Waals surface area contributed by atoms with Crippen molar-refractivity contribution in [1.29, 1.82) is 0 Å². The second kappa shape index (κ2) is 8.99. The van der Waals surface area contributed by atoms with E-state index < -0.39 is 0 Å². The Morgan fingerprint density at radius 1 is 0.967 bits per heavy atom. The number of hydrogen-bond donors (Lipinski definition) is 1. The highest BCUT2D eigenvalue weighted by molar-refractivity contribution is 6.05. The molecular formula is C25H26N4O. The van der Waals surface area contributed by atoms with Gasteiger partial charge in [-0.3, -0.25) is 4.79 Å². The van der Waals surface area contributed by atoms with Gasteiger partial charge in [-0.15, -0.1) is 5.11 Å². The fourth-order valence-electron chi connectivity index (χ4n) is 3.69. The van der Waals surface area contributed by atoms with Gasteiger partial charge in [0, 0.05) is 11.3 Å². The van der Waals surface area contributed by atoms with E-state index in [4.69, 9.17) is 0 Å². The number of amidine groups is 1. The number of aryl methyl sites for hydroxylation is 2. The molecule has 0 fully saturated rings. The fourth-order valence-corrected chi connectivity index (χ4v) is 3.69. The van der Waals surface area contributed by atoms with E-state index in [-0.39, 0.29) is 12.2 Å². The van der Waals surface area contributed by atoms with E-state index in [1.165, 1.54) is 30.4 Å². The number of azo groups is 1. The van der Waals surface area contributed by atoms with Gasteiger partial charge in [0.05, 0.1) is 5.56 Å². The lowest BCUT2D eigenvalue weighted by atomic mass is 9.96. The van der Waals surface area contributed by atoms with Crippen LogP contribution in [0.15, 0.2) is 74.6 Å². The number of aromatic amines is 1. The van der Waals surface area contributed by atoms with Gasteiger partial charge in [-0.2, -0.15) is 5.11 Å². The summed E-state index contributed by atoms with van der Waals surface area (Å²) in [6, 6.07) is 18.6. The van der Waals surface area contributed by atoms with Crippen LogP contribution in [0.4, 0.5) is 0 Å². The number of H-pyrrole nitrogens is 1. The molecule has 5 heteroatoms. The zero-order valence-electron chi connectivity index (χ0n) is 17.5. The molecule has 4 rings (SSSR count). The highest BCUT2D eigenvalue weighted by atomic mass is 16.1. The summed E-state index contributed by atoms with van der Waals surface area (Å²) >= 11 is 0. The molecule has 0 spiro atoms. The molecule has 1 aliphatic rings. The third-order valence-electron chi connectivity index (χ3n) is 5.40. The van der Waals surface area contributed by atoms with Crippen LogP contribution in [0, 0.1) is 6.92 Å². The lowest BCUT2D eigenvalue weighted by Gasteiger charge is -2.11. The molecule has 2 aromatic carbocycles. The predicted molar refractivity (Wildman–Crippen MR) is 122 cm³/mol. The first-order valence-electron chi connectivity index (χ1n) is 10.5. The van der Waals surface area contributed by atoms with Crippen molar-refractivity contribution in [2.75, 3.05) is 6.67 Å². The van der Waals surface area contributed by atoms with Crippen LogP contribution in [0.3, 0.4) is 0 Å². The summed E-state index contributed by atoms with van der Waals surface area (Å²) in [6.45, 7) is 4.53. The summed E-state index contributed by atoms with van der Waals surface area (Å²) < 4.78 is 0. The van der Waals surface area contributed by atoms with Gasteiger partial charge in [-0.25, -0.2) is 4.99 Å². The minimum absolute atomic E-state index is 0.199. The molecule has 5 nitrogen and oxygen atoms in total. The number of benzene rings is 2. The van der Waals surface area contributed by atoms with Crippen molar-refractivity contribution in [3.8, 4) is 22.4 Å². The average Bonchev–Trinajstić information content (AvgIpc) is 3.29. The topological polar surface area (TPSA) is 69.9 Å². The summed E-state index contributed by atoms with van der Waals surface area (Å²) in [4.78, 5) is 20.4. The largest absolute Gasteiger partial charge is 0.321 e. The van der Waals surface area contributed by atoms with E-state index in [1.54, 1.807) is 0 Å². The van der Waals surface area contributed by atoms with E-state index >= 15 is 0 Å². The molecule has 0 radical (unpaired) electrons. The number of aromatic nitrogens is 1. The van der Waals surface area contributed by atoms with Crippen LogP contribution >= 0.6 is 0 Å². The molecule has 0 amide bonds. The molecular weight excluding hydrogens is 372 g/mol. The van der Waals surface area contributed by atoms with Crippen LogP contribution in [0.25, 0.3) is 22.4 Å². The smallest absolute Gasteiger partial charge is 0.260 e. The first-order chi connectivity index (χ1) is 14.7. The highest BCUT2D eigenvalue weighted by Gasteiger charge is 2.19. The van der Waals surface area contributed by atoms with Gasteiger partial charge in [0.1, 0.15) is 0 Å². The maximum atomic E-state index is 13.1. The fraction of sp³-hybridized carbons (Fsp3) is 0.280. The number of aliphatic imine (C=N–C) groups is 1. The van der Waals surface area contributed by atoms with E-state index in [1.807, 2.05) is 37.3 Å². The van der Waals surface area contributed by atoms with E-state index in [0.29, 0.717) is 11.4 Å². The van der Waals surface area contributed by atoms with Crippen molar-refractivity contribution in [1.82, 2.24) is 4.98 Å². The highest BCUT2D eigenvalue weighted by Crippen LogP contribution is 2.28. The molecule has 0 unspecified atom stereocenters. The summed E-state index contributed by atoms with van der Waals surface area (Å²) in [5.74, 6) is 0.393.